The Bertz CT molecular complexity index is 709. The van der Waals surface area contributed by atoms with Gasteiger partial charge >= 0.3 is 0 Å². The highest BCUT2D eigenvalue weighted by atomic mass is 32.2. The fourth-order valence-electron chi connectivity index (χ4n) is 1.79. The average Bonchev–Trinajstić information content (AvgIpc) is 2.66. The number of carbonyl (C=O) groups is 2. The van der Waals surface area contributed by atoms with Gasteiger partial charge in [-0.2, -0.15) is 0 Å². The molecule has 0 fully saturated rings. The van der Waals surface area contributed by atoms with Crippen molar-refractivity contribution in [1.82, 2.24) is 4.90 Å². The van der Waals surface area contributed by atoms with Gasteiger partial charge in [0.1, 0.15) is 5.70 Å². The summed E-state index contributed by atoms with van der Waals surface area (Å²) in [6.45, 7) is -0.397. The highest BCUT2D eigenvalue weighted by Crippen LogP contribution is 2.18. The van der Waals surface area contributed by atoms with Crippen LogP contribution >= 0.6 is 0 Å². The number of aliphatic hydroxyl groups is 1. The van der Waals surface area contributed by atoms with Crippen LogP contribution in [0, 0.1) is 0 Å². The van der Waals surface area contributed by atoms with Crippen LogP contribution in [0.15, 0.2) is 40.9 Å². The van der Waals surface area contributed by atoms with Crippen LogP contribution in [0.5, 0.6) is 0 Å². The molecule has 0 saturated carbocycles. The fourth-order valence-corrected chi connectivity index (χ4v) is 2.31. The third kappa shape index (κ3) is 3.27. The van der Waals surface area contributed by atoms with Crippen LogP contribution in [-0.2, 0) is 19.6 Å². The second-order valence-electron chi connectivity index (χ2n) is 4.27. The molecule has 8 nitrogen and oxygen atoms in total. The molecule has 0 spiro atoms. The summed E-state index contributed by atoms with van der Waals surface area (Å²) < 4.78 is 22.2. The quantitative estimate of drug-likeness (QED) is 0.597. The summed E-state index contributed by atoms with van der Waals surface area (Å²) >= 11 is 0. The van der Waals surface area contributed by atoms with Crippen molar-refractivity contribution in [1.29, 1.82) is 0 Å². The smallest absolute Gasteiger partial charge is 0.277 e. The second-order valence-corrected chi connectivity index (χ2v) is 5.83. The van der Waals surface area contributed by atoms with Crippen molar-refractivity contribution >= 4 is 27.5 Å². The molecule has 1 heterocycles. The lowest BCUT2D eigenvalue weighted by Gasteiger charge is -2.13. The topological polar surface area (TPSA) is 130 Å². The first kappa shape index (κ1) is 15.2. The van der Waals surface area contributed by atoms with Gasteiger partial charge in [-0.15, -0.1) is 0 Å². The molecular weight excluding hydrogens is 298 g/mol. The normalized spacial score (nSPS) is 15.3. The molecule has 0 saturated heterocycles. The minimum Gasteiger partial charge on any atom is -0.395 e. The molecule has 2 amide bonds. The molecule has 0 unspecified atom stereocenters. The number of imide groups is 1. The third-order valence-corrected chi connectivity index (χ3v) is 3.72. The van der Waals surface area contributed by atoms with E-state index in [1.165, 1.54) is 24.3 Å². The number of nitrogens with zero attached hydrogens (tertiary/aromatic N) is 1. The molecule has 1 aliphatic heterocycles. The maximum atomic E-state index is 11.9. The van der Waals surface area contributed by atoms with E-state index in [-0.39, 0.29) is 23.7 Å². The Balaban J connectivity index is 2.14. The zero-order chi connectivity index (χ0) is 15.6. The number of anilines is 1. The van der Waals surface area contributed by atoms with Crippen LogP contribution in [0.3, 0.4) is 0 Å². The van der Waals surface area contributed by atoms with Gasteiger partial charge in [0.25, 0.3) is 11.8 Å². The van der Waals surface area contributed by atoms with Crippen LogP contribution in [0.4, 0.5) is 5.69 Å². The Labute approximate surface area is 120 Å². The zero-order valence-corrected chi connectivity index (χ0v) is 11.6. The number of β-amino-alcohol motifs (C(OH)–C–C–N with tert-alkyl or cyclic N) is 1. The predicted octanol–water partition coefficient (Wildman–Crippen LogP) is -1.01. The molecule has 0 radical (unpaired) electrons. The summed E-state index contributed by atoms with van der Waals surface area (Å²) in [5, 5.41) is 16.5. The van der Waals surface area contributed by atoms with Crippen LogP contribution in [0.1, 0.15) is 0 Å². The second kappa shape index (κ2) is 5.64. The lowest BCUT2D eigenvalue weighted by Crippen LogP contribution is -2.34. The molecule has 0 aliphatic carbocycles. The van der Waals surface area contributed by atoms with Crippen LogP contribution in [0.2, 0.25) is 0 Å². The van der Waals surface area contributed by atoms with Gasteiger partial charge in [0, 0.05) is 11.8 Å². The van der Waals surface area contributed by atoms with Crippen LogP contribution < -0.4 is 10.5 Å². The highest BCUT2D eigenvalue weighted by molar-refractivity contribution is 7.89. The third-order valence-electron chi connectivity index (χ3n) is 2.79. The van der Waals surface area contributed by atoms with Crippen molar-refractivity contribution in [3.05, 3.63) is 36.0 Å². The number of nitrogens with one attached hydrogen (secondary N) is 1. The summed E-state index contributed by atoms with van der Waals surface area (Å²) in [7, 11) is -3.78. The van der Waals surface area contributed by atoms with Crippen molar-refractivity contribution in [2.24, 2.45) is 5.14 Å². The molecule has 1 aromatic rings. The van der Waals surface area contributed by atoms with E-state index in [4.69, 9.17) is 10.2 Å². The van der Waals surface area contributed by atoms with Gasteiger partial charge in [-0.1, -0.05) is 0 Å². The number of carbonyl (C=O) groups excluding carboxylic acids is 2. The van der Waals surface area contributed by atoms with Gasteiger partial charge in [-0.3, -0.25) is 14.5 Å². The Kier molecular flexibility index (Phi) is 4.07. The van der Waals surface area contributed by atoms with Crippen LogP contribution in [-0.4, -0.2) is 43.4 Å². The van der Waals surface area contributed by atoms with E-state index >= 15 is 0 Å². The number of sulfonamides is 1. The number of rotatable bonds is 5. The van der Waals surface area contributed by atoms with E-state index < -0.39 is 21.8 Å². The van der Waals surface area contributed by atoms with Crippen molar-refractivity contribution in [2.75, 3.05) is 18.5 Å². The first-order chi connectivity index (χ1) is 9.82. The van der Waals surface area contributed by atoms with E-state index in [1.54, 1.807) is 0 Å². The van der Waals surface area contributed by atoms with Gasteiger partial charge in [0.2, 0.25) is 10.0 Å². The molecule has 0 bridgehead atoms. The number of nitrogens with two attached hydrogens (primary N) is 1. The number of primary sulfonamides is 1. The van der Waals surface area contributed by atoms with Gasteiger partial charge in [0.05, 0.1) is 18.0 Å². The van der Waals surface area contributed by atoms with Gasteiger partial charge in [-0.05, 0) is 24.3 Å². The molecule has 2 rings (SSSR count). The minimum absolute atomic E-state index is 0.0526. The van der Waals surface area contributed by atoms with E-state index in [1.807, 2.05) is 0 Å². The summed E-state index contributed by atoms with van der Waals surface area (Å²) in [5.74, 6) is -1.07. The number of amides is 2. The monoisotopic (exact) mass is 311 g/mol. The molecular formula is C12H13N3O5S. The van der Waals surface area contributed by atoms with Crippen molar-refractivity contribution in [3.63, 3.8) is 0 Å². The SMILES string of the molecule is NS(=O)(=O)c1ccc(NC2=CC(=O)N(CCO)C2=O)cc1. The standard InChI is InChI=1S/C12H13N3O5S/c13-21(19,20)9-3-1-8(2-4-9)14-10-7-11(17)15(5-6-16)12(10)18/h1-4,7,14,16H,5-6H2,(H2,13,19,20). The zero-order valence-electron chi connectivity index (χ0n) is 10.8. The number of aliphatic hydroxyl groups excluding tert-OH is 1. The summed E-state index contributed by atoms with van der Waals surface area (Å²) in [6.07, 6.45) is 1.12. The average molecular weight is 311 g/mol. The van der Waals surface area contributed by atoms with Crippen molar-refractivity contribution < 1.29 is 23.1 Å². The van der Waals surface area contributed by atoms with Crippen molar-refractivity contribution in [3.8, 4) is 0 Å². The molecule has 0 aromatic heterocycles. The molecule has 21 heavy (non-hydrogen) atoms. The van der Waals surface area contributed by atoms with Gasteiger partial charge in [-0.25, -0.2) is 13.6 Å². The number of hydrogen-bond acceptors (Lipinski definition) is 6. The lowest BCUT2D eigenvalue weighted by atomic mass is 10.3. The van der Waals surface area contributed by atoms with E-state index in [2.05, 4.69) is 5.32 Å². The maximum absolute atomic E-state index is 11.9. The summed E-state index contributed by atoms with van der Waals surface area (Å²) in [5.41, 5.74) is 0.484. The van der Waals surface area contributed by atoms with E-state index in [9.17, 15) is 18.0 Å². The summed E-state index contributed by atoms with van der Waals surface area (Å²) in [4.78, 5) is 24.3. The Hall–Kier alpha value is -2.23. The van der Waals surface area contributed by atoms with Crippen molar-refractivity contribution in [2.45, 2.75) is 4.90 Å². The van der Waals surface area contributed by atoms with E-state index in [0.717, 1.165) is 11.0 Å². The first-order valence-corrected chi connectivity index (χ1v) is 7.46. The van der Waals surface area contributed by atoms with Gasteiger partial charge in [0.15, 0.2) is 0 Å². The largest absolute Gasteiger partial charge is 0.395 e. The number of benzene rings is 1. The molecule has 9 heteroatoms. The highest BCUT2D eigenvalue weighted by Gasteiger charge is 2.30. The van der Waals surface area contributed by atoms with Gasteiger partial charge < -0.3 is 10.4 Å². The van der Waals surface area contributed by atoms with E-state index in [0.29, 0.717) is 5.69 Å². The lowest BCUT2D eigenvalue weighted by molar-refractivity contribution is -0.137. The molecule has 112 valence electrons. The predicted molar refractivity (Wildman–Crippen MR) is 73.3 cm³/mol. The molecule has 4 N–H and O–H groups in total. The Morgan fingerprint density at radius 3 is 2.33 bits per heavy atom. The number of hydrogen-bond donors (Lipinski definition) is 3. The Morgan fingerprint density at radius 1 is 1.19 bits per heavy atom. The Morgan fingerprint density at radius 2 is 1.81 bits per heavy atom. The maximum Gasteiger partial charge on any atom is 0.277 e. The fraction of sp³-hybridized carbons (Fsp3) is 0.167. The molecule has 1 aliphatic rings. The van der Waals surface area contributed by atoms with Crippen LogP contribution in [0.25, 0.3) is 0 Å². The first-order valence-electron chi connectivity index (χ1n) is 5.91. The molecule has 0 atom stereocenters. The minimum atomic E-state index is -3.78. The molecule has 1 aromatic carbocycles. The summed E-state index contributed by atoms with van der Waals surface area (Å²) in [6, 6.07) is 5.41.